The third kappa shape index (κ3) is 4.81. The SMILES string of the molecule is CCc1cc2cccc(NC(C)C)c2c(=O)n1-c1ccccc1.NC(=O)c1c(N)nn2c1NCC=C2. The topological polar surface area (TPSA) is 133 Å². The number of fused-ring (bicyclic) bond motifs is 2. The van der Waals surface area contributed by atoms with Gasteiger partial charge in [-0.3, -0.25) is 14.2 Å². The smallest absolute Gasteiger partial charge is 0.265 e. The molecule has 186 valence electrons. The number of nitrogen functional groups attached to an aromatic ring is 1. The Kier molecular flexibility index (Phi) is 7.10. The van der Waals surface area contributed by atoms with Gasteiger partial charge in [-0.2, -0.15) is 0 Å². The number of aryl methyl sites for hydroxylation is 1. The molecule has 0 fully saturated rings. The molecule has 4 aromatic rings. The summed E-state index contributed by atoms with van der Waals surface area (Å²) in [5.74, 6) is 0.149. The van der Waals surface area contributed by atoms with E-state index in [2.05, 4.69) is 42.6 Å². The number of nitrogens with zero attached hydrogens (tertiary/aromatic N) is 3. The molecule has 1 aliphatic heterocycles. The van der Waals surface area contributed by atoms with Crippen LogP contribution in [0.15, 0.2) is 65.5 Å². The summed E-state index contributed by atoms with van der Waals surface area (Å²) < 4.78 is 3.33. The number of carbonyl (C=O) groups is 1. The van der Waals surface area contributed by atoms with Crippen molar-refractivity contribution in [2.45, 2.75) is 33.2 Å². The minimum Gasteiger partial charge on any atom is -0.382 e. The fourth-order valence-corrected chi connectivity index (χ4v) is 4.25. The summed E-state index contributed by atoms with van der Waals surface area (Å²) in [4.78, 5) is 24.2. The van der Waals surface area contributed by atoms with Crippen molar-refractivity contribution in [3.8, 4) is 5.69 Å². The van der Waals surface area contributed by atoms with Gasteiger partial charge in [0.2, 0.25) is 0 Å². The Morgan fingerprint density at radius 1 is 1.17 bits per heavy atom. The predicted octanol–water partition coefficient (Wildman–Crippen LogP) is 3.83. The molecule has 6 N–H and O–H groups in total. The van der Waals surface area contributed by atoms with E-state index in [1.165, 1.54) is 4.68 Å². The molecule has 0 radical (unpaired) electrons. The number of nitrogens with two attached hydrogens (primary N) is 2. The lowest BCUT2D eigenvalue weighted by Gasteiger charge is -2.17. The van der Waals surface area contributed by atoms with Gasteiger partial charge in [0.15, 0.2) is 5.82 Å². The fraction of sp³-hybridized carbons (Fsp3) is 0.222. The standard InChI is InChI=1S/C20H22N2O.C7H9N5O/c1-4-16-13-15-9-8-12-18(21-14(2)3)19(15)20(23)22(16)17-10-6-5-7-11-17;8-5-4(6(9)13)7-10-2-1-3-12(7)11-5/h5-14,21H,4H2,1-3H3;1,3,10H,2H2,(H2,8,11)(H2,9,13). The van der Waals surface area contributed by atoms with Crippen molar-refractivity contribution < 1.29 is 4.79 Å². The summed E-state index contributed by atoms with van der Waals surface area (Å²) in [5, 5.41) is 12.0. The average molecular weight is 486 g/mol. The Bertz CT molecular complexity index is 1480. The van der Waals surface area contributed by atoms with Gasteiger partial charge in [0.05, 0.1) is 5.39 Å². The van der Waals surface area contributed by atoms with Crippen molar-refractivity contribution in [2.24, 2.45) is 5.73 Å². The lowest BCUT2D eigenvalue weighted by molar-refractivity contribution is 0.100. The molecule has 0 saturated heterocycles. The molecule has 36 heavy (non-hydrogen) atoms. The van der Waals surface area contributed by atoms with Crippen molar-refractivity contribution >= 4 is 40.2 Å². The van der Waals surface area contributed by atoms with Crippen LogP contribution in [-0.4, -0.2) is 32.8 Å². The van der Waals surface area contributed by atoms with Gasteiger partial charge in [-0.1, -0.05) is 37.3 Å². The van der Waals surface area contributed by atoms with Crippen LogP contribution in [0.2, 0.25) is 0 Å². The molecule has 1 aliphatic rings. The maximum atomic E-state index is 13.2. The van der Waals surface area contributed by atoms with Crippen LogP contribution in [-0.2, 0) is 6.42 Å². The molecule has 0 saturated carbocycles. The quantitative estimate of drug-likeness (QED) is 0.340. The maximum absolute atomic E-state index is 13.2. The summed E-state index contributed by atoms with van der Waals surface area (Å²) >= 11 is 0. The average Bonchev–Trinajstić information content (AvgIpc) is 3.20. The van der Waals surface area contributed by atoms with Gasteiger partial charge in [0, 0.05) is 35.9 Å². The summed E-state index contributed by atoms with van der Waals surface area (Å²) in [6.07, 6.45) is 4.40. The molecule has 1 amide bonds. The number of aromatic nitrogens is 3. The first kappa shape index (κ1) is 24.6. The number of hydrogen-bond donors (Lipinski definition) is 4. The number of nitrogens with one attached hydrogen (secondary N) is 2. The summed E-state index contributed by atoms with van der Waals surface area (Å²) in [7, 11) is 0. The highest BCUT2D eigenvalue weighted by Crippen LogP contribution is 2.24. The molecule has 0 aliphatic carbocycles. The summed E-state index contributed by atoms with van der Waals surface area (Å²) in [5.41, 5.74) is 13.8. The van der Waals surface area contributed by atoms with Crippen LogP contribution in [0.5, 0.6) is 0 Å². The third-order valence-electron chi connectivity index (χ3n) is 5.76. The zero-order chi connectivity index (χ0) is 25.8. The van der Waals surface area contributed by atoms with E-state index in [1.807, 2.05) is 59.2 Å². The molecule has 3 heterocycles. The molecule has 0 atom stereocenters. The molecule has 9 heteroatoms. The Morgan fingerprint density at radius 3 is 2.58 bits per heavy atom. The van der Waals surface area contributed by atoms with E-state index in [0.29, 0.717) is 12.4 Å². The second kappa shape index (κ2) is 10.4. The molecule has 0 bridgehead atoms. The van der Waals surface area contributed by atoms with Crippen LogP contribution in [0.1, 0.15) is 36.8 Å². The van der Waals surface area contributed by atoms with Crippen LogP contribution >= 0.6 is 0 Å². The van der Waals surface area contributed by atoms with Gasteiger partial charge >= 0.3 is 0 Å². The molecule has 2 aromatic heterocycles. The molecular formula is C27H31N7O2. The maximum Gasteiger partial charge on any atom is 0.265 e. The first-order valence-corrected chi connectivity index (χ1v) is 11.9. The number of anilines is 3. The van der Waals surface area contributed by atoms with Gasteiger partial charge in [0.25, 0.3) is 11.5 Å². The molecular weight excluding hydrogens is 454 g/mol. The lowest BCUT2D eigenvalue weighted by Crippen LogP contribution is -2.23. The second-order valence-electron chi connectivity index (χ2n) is 8.72. The number of rotatable bonds is 5. The van der Waals surface area contributed by atoms with E-state index < -0.39 is 5.91 Å². The minimum absolute atomic E-state index is 0.0364. The van der Waals surface area contributed by atoms with E-state index in [9.17, 15) is 9.59 Å². The van der Waals surface area contributed by atoms with Gasteiger partial charge in [-0.25, -0.2) is 4.68 Å². The Morgan fingerprint density at radius 2 is 1.92 bits per heavy atom. The van der Waals surface area contributed by atoms with E-state index in [-0.39, 0.29) is 23.0 Å². The minimum atomic E-state index is -0.568. The van der Waals surface area contributed by atoms with Gasteiger partial charge in [0.1, 0.15) is 11.4 Å². The van der Waals surface area contributed by atoms with Crippen molar-refractivity contribution in [2.75, 3.05) is 22.9 Å². The zero-order valence-corrected chi connectivity index (χ0v) is 20.7. The van der Waals surface area contributed by atoms with Crippen LogP contribution in [0.4, 0.5) is 17.3 Å². The van der Waals surface area contributed by atoms with Gasteiger partial charge in [-0.15, -0.1) is 5.10 Å². The first-order chi connectivity index (χ1) is 17.3. The molecule has 9 nitrogen and oxygen atoms in total. The number of pyridine rings is 1. The number of carbonyl (C=O) groups excluding carboxylic acids is 1. The van der Waals surface area contributed by atoms with Crippen LogP contribution in [0.3, 0.4) is 0 Å². The normalized spacial score (nSPS) is 12.0. The molecule has 0 unspecified atom stereocenters. The van der Waals surface area contributed by atoms with Crippen LogP contribution in [0.25, 0.3) is 22.7 Å². The first-order valence-electron chi connectivity index (χ1n) is 11.9. The fourth-order valence-electron chi connectivity index (χ4n) is 4.25. The highest BCUT2D eigenvalue weighted by atomic mass is 16.1. The van der Waals surface area contributed by atoms with Crippen LogP contribution < -0.4 is 27.7 Å². The van der Waals surface area contributed by atoms with Gasteiger partial charge in [-0.05, 0) is 56.0 Å². The second-order valence-corrected chi connectivity index (χ2v) is 8.72. The number of benzene rings is 2. The van der Waals surface area contributed by atoms with Crippen molar-refractivity contribution in [3.05, 3.63) is 82.3 Å². The van der Waals surface area contributed by atoms with Crippen molar-refractivity contribution in [3.63, 3.8) is 0 Å². The number of para-hydroxylation sites is 1. The third-order valence-corrected chi connectivity index (χ3v) is 5.76. The number of hydrogen-bond acceptors (Lipinski definition) is 6. The van der Waals surface area contributed by atoms with E-state index >= 15 is 0 Å². The molecule has 5 rings (SSSR count). The Hall–Kier alpha value is -4.53. The zero-order valence-electron chi connectivity index (χ0n) is 20.7. The number of primary amides is 1. The van der Waals surface area contributed by atoms with E-state index in [4.69, 9.17) is 11.5 Å². The highest BCUT2D eigenvalue weighted by molar-refractivity contribution is 6.02. The molecule has 0 spiro atoms. The lowest BCUT2D eigenvalue weighted by atomic mass is 10.1. The Labute approximate surface area is 209 Å². The van der Waals surface area contributed by atoms with E-state index in [1.54, 1.807) is 6.20 Å². The monoisotopic (exact) mass is 485 g/mol. The summed E-state index contributed by atoms with van der Waals surface area (Å²) in [6, 6.07) is 18.2. The summed E-state index contributed by atoms with van der Waals surface area (Å²) in [6.45, 7) is 6.88. The predicted molar refractivity (Wildman–Crippen MR) is 147 cm³/mol. The molecule has 2 aromatic carbocycles. The Balaban J connectivity index is 0.000000197. The highest BCUT2D eigenvalue weighted by Gasteiger charge is 2.20. The van der Waals surface area contributed by atoms with Crippen LogP contribution in [0, 0.1) is 0 Å². The van der Waals surface area contributed by atoms with Crippen molar-refractivity contribution in [1.82, 2.24) is 14.3 Å². The van der Waals surface area contributed by atoms with Crippen molar-refractivity contribution in [1.29, 1.82) is 0 Å². The van der Waals surface area contributed by atoms with E-state index in [0.717, 1.165) is 34.3 Å². The van der Waals surface area contributed by atoms with Gasteiger partial charge < -0.3 is 22.1 Å². The number of amides is 1. The largest absolute Gasteiger partial charge is 0.382 e.